The van der Waals surface area contributed by atoms with Crippen LogP contribution in [0.25, 0.3) is 0 Å². The quantitative estimate of drug-likeness (QED) is 0.428. The Morgan fingerprint density at radius 2 is 2.14 bits per heavy atom. The fourth-order valence-corrected chi connectivity index (χ4v) is 2.97. The predicted molar refractivity (Wildman–Crippen MR) is 73.7 cm³/mol. The molecule has 1 aromatic carbocycles. The lowest BCUT2D eigenvalue weighted by molar-refractivity contribution is -0.390. The second kappa shape index (κ2) is 7.43. The van der Waals surface area contributed by atoms with Crippen molar-refractivity contribution in [1.82, 2.24) is 4.72 Å². The van der Waals surface area contributed by atoms with Crippen molar-refractivity contribution in [2.24, 2.45) is 5.92 Å². The average molecular weight is 320 g/mol. The fourth-order valence-electron chi connectivity index (χ4n) is 1.72. The number of nitro benzene ring substituents is 1. The third-order valence-electron chi connectivity index (χ3n) is 2.90. The van der Waals surface area contributed by atoms with Crippen LogP contribution in [0.3, 0.4) is 0 Å². The van der Waals surface area contributed by atoms with Gasteiger partial charge in [-0.1, -0.05) is 13.0 Å². The molecule has 1 rings (SSSR count). The highest BCUT2D eigenvalue weighted by molar-refractivity contribution is 7.89. The summed E-state index contributed by atoms with van der Waals surface area (Å²) in [5.74, 6) is -1.16. The molecule has 0 aromatic heterocycles. The number of aliphatic hydroxyl groups excluding tert-OH is 1. The van der Waals surface area contributed by atoms with E-state index in [1.54, 1.807) is 0 Å². The minimum Gasteiger partial charge on any atom is -0.396 e. The molecule has 0 saturated heterocycles. The van der Waals surface area contributed by atoms with Gasteiger partial charge < -0.3 is 5.11 Å². The van der Waals surface area contributed by atoms with Gasteiger partial charge in [0.1, 0.15) is 0 Å². The number of rotatable bonds is 8. The van der Waals surface area contributed by atoms with Crippen LogP contribution in [-0.2, 0) is 10.0 Å². The third-order valence-corrected chi connectivity index (χ3v) is 4.39. The summed E-state index contributed by atoms with van der Waals surface area (Å²) in [6.07, 6.45) is 1.06. The predicted octanol–water partition coefficient (Wildman–Crippen LogP) is 1.42. The minimum absolute atomic E-state index is 0.00210. The first-order chi connectivity index (χ1) is 9.79. The van der Waals surface area contributed by atoms with Crippen molar-refractivity contribution in [2.45, 2.75) is 24.7 Å². The summed E-state index contributed by atoms with van der Waals surface area (Å²) in [7, 11) is -4.16. The first-order valence-electron chi connectivity index (χ1n) is 6.33. The molecule has 118 valence electrons. The highest BCUT2D eigenvalue weighted by atomic mass is 32.2. The zero-order chi connectivity index (χ0) is 16.0. The van der Waals surface area contributed by atoms with E-state index < -0.39 is 31.3 Å². The number of sulfonamides is 1. The summed E-state index contributed by atoms with van der Waals surface area (Å²) in [4.78, 5) is 9.04. The Hall–Kier alpha value is -1.58. The molecule has 2 N–H and O–H groups in total. The van der Waals surface area contributed by atoms with Crippen molar-refractivity contribution < 1.29 is 22.8 Å². The smallest absolute Gasteiger partial charge is 0.324 e. The number of nitro groups is 1. The Morgan fingerprint density at radius 3 is 2.71 bits per heavy atom. The van der Waals surface area contributed by atoms with Gasteiger partial charge in [0.05, 0.1) is 4.92 Å². The number of nitrogens with one attached hydrogen (secondary N) is 1. The molecule has 0 aliphatic carbocycles. The molecular weight excluding hydrogens is 303 g/mol. The van der Waals surface area contributed by atoms with Gasteiger partial charge in [-0.15, -0.1) is 0 Å². The Kier molecular flexibility index (Phi) is 6.19. The molecule has 0 radical (unpaired) electrons. The monoisotopic (exact) mass is 320 g/mol. The van der Waals surface area contributed by atoms with Crippen LogP contribution in [0, 0.1) is 21.8 Å². The topological polar surface area (TPSA) is 110 Å². The van der Waals surface area contributed by atoms with Gasteiger partial charge >= 0.3 is 5.69 Å². The number of para-hydroxylation sites is 1. The Bertz CT molecular complexity index is 606. The first-order valence-corrected chi connectivity index (χ1v) is 7.81. The molecule has 0 fully saturated rings. The highest BCUT2D eigenvalue weighted by Gasteiger charge is 2.28. The van der Waals surface area contributed by atoms with Gasteiger partial charge in [-0.25, -0.2) is 13.1 Å². The standard InChI is InChI=1S/C12H17FN2O5S/c1-9(8-16)4-3-7-14-21(19,20)11-6-2-5-10(13)12(11)15(17)18/h2,5-6,9,14,16H,3-4,7-8H2,1H3. The first kappa shape index (κ1) is 17.5. The summed E-state index contributed by atoms with van der Waals surface area (Å²) in [5, 5.41) is 19.6. The fraction of sp³-hybridized carbons (Fsp3) is 0.500. The number of hydrogen-bond acceptors (Lipinski definition) is 5. The van der Waals surface area contributed by atoms with E-state index in [4.69, 9.17) is 5.11 Å². The highest BCUT2D eigenvalue weighted by Crippen LogP contribution is 2.26. The van der Waals surface area contributed by atoms with Crippen molar-refractivity contribution in [2.75, 3.05) is 13.2 Å². The molecule has 21 heavy (non-hydrogen) atoms. The van der Waals surface area contributed by atoms with Crippen molar-refractivity contribution in [3.63, 3.8) is 0 Å². The van der Waals surface area contributed by atoms with Crippen LogP contribution in [0.2, 0.25) is 0 Å². The van der Waals surface area contributed by atoms with E-state index in [1.807, 2.05) is 6.92 Å². The van der Waals surface area contributed by atoms with Gasteiger partial charge in [0.2, 0.25) is 15.8 Å². The lowest BCUT2D eigenvalue weighted by Crippen LogP contribution is -2.26. The molecule has 9 heteroatoms. The maximum atomic E-state index is 13.4. The van der Waals surface area contributed by atoms with E-state index >= 15 is 0 Å². The summed E-state index contributed by atoms with van der Waals surface area (Å²) in [6, 6.07) is 2.92. The largest absolute Gasteiger partial charge is 0.396 e. The zero-order valence-electron chi connectivity index (χ0n) is 11.5. The number of hydrogen-bond donors (Lipinski definition) is 2. The van der Waals surface area contributed by atoms with Crippen LogP contribution >= 0.6 is 0 Å². The van der Waals surface area contributed by atoms with Gasteiger partial charge in [0.15, 0.2) is 4.90 Å². The Morgan fingerprint density at radius 1 is 1.48 bits per heavy atom. The van der Waals surface area contributed by atoms with Crippen molar-refractivity contribution in [1.29, 1.82) is 0 Å². The lowest BCUT2D eigenvalue weighted by atomic mass is 10.1. The summed E-state index contributed by atoms with van der Waals surface area (Å²) in [6.45, 7) is 1.87. The zero-order valence-corrected chi connectivity index (χ0v) is 12.3. The summed E-state index contributed by atoms with van der Waals surface area (Å²) in [5.41, 5.74) is -1.06. The molecule has 0 spiro atoms. The van der Waals surface area contributed by atoms with E-state index in [2.05, 4.69) is 4.72 Å². The molecule has 0 heterocycles. The molecule has 1 unspecified atom stereocenters. The van der Waals surface area contributed by atoms with E-state index in [0.29, 0.717) is 12.8 Å². The van der Waals surface area contributed by atoms with Crippen LogP contribution in [-0.4, -0.2) is 31.6 Å². The Labute approximate surface area is 122 Å². The number of halogens is 1. The second-order valence-corrected chi connectivity index (χ2v) is 6.41. The lowest BCUT2D eigenvalue weighted by Gasteiger charge is -2.09. The molecule has 7 nitrogen and oxygen atoms in total. The minimum atomic E-state index is -4.16. The van der Waals surface area contributed by atoms with Crippen LogP contribution in [0.5, 0.6) is 0 Å². The van der Waals surface area contributed by atoms with Gasteiger partial charge in [-0.05, 0) is 30.9 Å². The van der Waals surface area contributed by atoms with Gasteiger partial charge in [0.25, 0.3) is 0 Å². The molecule has 0 aliphatic rings. The molecule has 0 saturated carbocycles. The van der Waals surface area contributed by atoms with Crippen LogP contribution < -0.4 is 4.72 Å². The Balaban J connectivity index is 2.84. The normalized spacial score (nSPS) is 13.1. The van der Waals surface area contributed by atoms with Gasteiger partial charge in [0, 0.05) is 13.2 Å². The average Bonchev–Trinajstić information content (AvgIpc) is 2.42. The number of aliphatic hydroxyl groups is 1. The molecule has 1 atom stereocenters. The van der Waals surface area contributed by atoms with E-state index in [9.17, 15) is 22.9 Å². The maximum absolute atomic E-state index is 13.4. The number of benzene rings is 1. The maximum Gasteiger partial charge on any atom is 0.324 e. The van der Waals surface area contributed by atoms with Crippen molar-refractivity contribution in [3.8, 4) is 0 Å². The van der Waals surface area contributed by atoms with Crippen LogP contribution in [0.1, 0.15) is 19.8 Å². The van der Waals surface area contributed by atoms with Crippen molar-refractivity contribution in [3.05, 3.63) is 34.1 Å². The molecule has 0 aliphatic heterocycles. The molecule has 0 bridgehead atoms. The summed E-state index contributed by atoms with van der Waals surface area (Å²) < 4.78 is 39.6. The second-order valence-electron chi connectivity index (χ2n) is 4.67. The SMILES string of the molecule is CC(CO)CCCNS(=O)(=O)c1cccc(F)c1[N+](=O)[O-]. The summed E-state index contributed by atoms with van der Waals surface area (Å²) >= 11 is 0. The van der Waals surface area contributed by atoms with E-state index in [-0.39, 0.29) is 19.1 Å². The van der Waals surface area contributed by atoms with Gasteiger partial charge in [-0.2, -0.15) is 4.39 Å². The third kappa shape index (κ3) is 4.73. The van der Waals surface area contributed by atoms with E-state index in [0.717, 1.165) is 18.2 Å². The van der Waals surface area contributed by atoms with E-state index in [1.165, 1.54) is 0 Å². The molecule has 1 aromatic rings. The number of nitrogens with zero attached hydrogens (tertiary/aromatic N) is 1. The van der Waals surface area contributed by atoms with Gasteiger partial charge in [-0.3, -0.25) is 10.1 Å². The van der Waals surface area contributed by atoms with Crippen molar-refractivity contribution >= 4 is 15.7 Å². The molecule has 0 amide bonds. The van der Waals surface area contributed by atoms with Crippen LogP contribution in [0.4, 0.5) is 10.1 Å². The molecular formula is C12H17FN2O5S. The van der Waals surface area contributed by atoms with Crippen LogP contribution in [0.15, 0.2) is 23.1 Å².